The average molecular weight is 502 g/mol. The lowest BCUT2D eigenvalue weighted by atomic mass is 9.97. The molecule has 1 saturated heterocycles. The zero-order valence-electron chi connectivity index (χ0n) is 21.0. The van der Waals surface area contributed by atoms with E-state index in [-0.39, 0.29) is 6.61 Å². The highest BCUT2D eigenvalue weighted by atomic mass is 32.1. The number of benzene rings is 3. The Kier molecular flexibility index (Phi) is 8.22. The number of hydrogen-bond donors (Lipinski definition) is 1. The second-order valence-electron chi connectivity index (χ2n) is 9.52. The average Bonchev–Trinajstić information content (AvgIpc) is 3.56. The molecule has 4 nitrogen and oxygen atoms in total. The van der Waals surface area contributed by atoms with Crippen LogP contribution in [-0.4, -0.2) is 43.4 Å². The van der Waals surface area contributed by atoms with Crippen molar-refractivity contribution in [3.63, 3.8) is 0 Å². The summed E-state index contributed by atoms with van der Waals surface area (Å²) in [4.78, 5) is 3.82. The third kappa shape index (κ3) is 5.75. The van der Waals surface area contributed by atoms with Crippen LogP contribution in [0.5, 0.6) is 11.5 Å². The first-order valence-electron chi connectivity index (χ1n) is 13.0. The summed E-state index contributed by atoms with van der Waals surface area (Å²) in [6, 6.07) is 23.9. The van der Waals surface area contributed by atoms with Crippen LogP contribution >= 0.6 is 11.3 Å². The fourth-order valence-corrected chi connectivity index (χ4v) is 6.26. The number of fused-ring (bicyclic) bond motifs is 1. The SMILES string of the molecule is COc1cc(Cc2c(-c3ccc(OCCCCO)cc3)sc3ccccc23)ccc1CN1CCCC1. The molecule has 0 spiro atoms. The number of aliphatic hydroxyl groups excluding tert-OH is 1. The van der Waals surface area contributed by atoms with Crippen molar-refractivity contribution in [1.82, 2.24) is 4.90 Å². The van der Waals surface area contributed by atoms with Crippen LogP contribution in [0.1, 0.15) is 42.4 Å². The van der Waals surface area contributed by atoms with Gasteiger partial charge in [0.05, 0.1) is 13.7 Å². The van der Waals surface area contributed by atoms with Gasteiger partial charge in [-0.25, -0.2) is 0 Å². The molecule has 1 aliphatic rings. The number of methoxy groups -OCH3 is 1. The van der Waals surface area contributed by atoms with Gasteiger partial charge in [0.25, 0.3) is 0 Å². The fraction of sp³-hybridized carbons (Fsp3) is 0.355. The molecule has 4 aromatic rings. The number of thiophene rings is 1. The van der Waals surface area contributed by atoms with Gasteiger partial charge in [-0.1, -0.05) is 30.3 Å². The van der Waals surface area contributed by atoms with E-state index in [1.54, 1.807) is 7.11 Å². The third-order valence-electron chi connectivity index (χ3n) is 6.96. The van der Waals surface area contributed by atoms with Crippen molar-refractivity contribution in [2.45, 2.75) is 38.6 Å². The summed E-state index contributed by atoms with van der Waals surface area (Å²) in [7, 11) is 1.78. The number of rotatable bonds is 11. The second kappa shape index (κ2) is 11.9. The van der Waals surface area contributed by atoms with Gasteiger partial charge in [0.2, 0.25) is 0 Å². The molecule has 1 fully saturated rings. The third-order valence-corrected chi connectivity index (χ3v) is 8.22. The predicted octanol–water partition coefficient (Wildman–Crippen LogP) is 6.91. The van der Waals surface area contributed by atoms with Crippen molar-refractivity contribution in [2.75, 3.05) is 33.4 Å². The molecule has 1 aliphatic heterocycles. The Morgan fingerprint density at radius 1 is 0.944 bits per heavy atom. The fourth-order valence-electron chi connectivity index (χ4n) is 5.03. The van der Waals surface area contributed by atoms with E-state index in [9.17, 15) is 0 Å². The summed E-state index contributed by atoms with van der Waals surface area (Å²) in [5.74, 6) is 1.86. The maximum Gasteiger partial charge on any atom is 0.123 e. The number of nitrogens with zero attached hydrogens (tertiary/aromatic N) is 1. The van der Waals surface area contributed by atoms with Crippen molar-refractivity contribution >= 4 is 21.4 Å². The van der Waals surface area contributed by atoms with Crippen LogP contribution < -0.4 is 9.47 Å². The largest absolute Gasteiger partial charge is 0.496 e. The van der Waals surface area contributed by atoms with E-state index in [2.05, 4.69) is 71.6 Å². The van der Waals surface area contributed by atoms with E-state index < -0.39 is 0 Å². The highest BCUT2D eigenvalue weighted by molar-refractivity contribution is 7.22. The molecule has 0 aliphatic carbocycles. The predicted molar refractivity (Wildman–Crippen MR) is 149 cm³/mol. The summed E-state index contributed by atoms with van der Waals surface area (Å²) in [6.07, 6.45) is 5.09. The van der Waals surface area contributed by atoms with Crippen LogP contribution in [0.15, 0.2) is 66.7 Å². The van der Waals surface area contributed by atoms with E-state index in [0.717, 1.165) is 37.3 Å². The molecule has 0 bridgehead atoms. The van der Waals surface area contributed by atoms with E-state index >= 15 is 0 Å². The molecule has 0 unspecified atom stereocenters. The molecule has 3 aromatic carbocycles. The van der Waals surface area contributed by atoms with Crippen LogP contribution in [0, 0.1) is 0 Å². The van der Waals surface area contributed by atoms with E-state index in [1.807, 2.05) is 11.3 Å². The Balaban J connectivity index is 1.41. The summed E-state index contributed by atoms with van der Waals surface area (Å²) < 4.78 is 13.0. The summed E-state index contributed by atoms with van der Waals surface area (Å²) in [6.45, 7) is 4.17. The quantitative estimate of drug-likeness (QED) is 0.227. The monoisotopic (exact) mass is 501 g/mol. The van der Waals surface area contributed by atoms with Crippen LogP contribution in [0.4, 0.5) is 0 Å². The molecule has 0 saturated carbocycles. The smallest absolute Gasteiger partial charge is 0.123 e. The van der Waals surface area contributed by atoms with Crippen molar-refractivity contribution in [3.05, 3.63) is 83.4 Å². The van der Waals surface area contributed by atoms with Crippen LogP contribution in [0.25, 0.3) is 20.5 Å². The summed E-state index contributed by atoms with van der Waals surface area (Å²) in [5.41, 5.74) is 5.12. The Bertz CT molecular complexity index is 1270. The van der Waals surface area contributed by atoms with Crippen LogP contribution in [-0.2, 0) is 13.0 Å². The normalized spacial score (nSPS) is 13.9. The number of unbranched alkanes of at least 4 members (excludes halogenated alkanes) is 1. The van der Waals surface area contributed by atoms with Gasteiger partial charge in [0.1, 0.15) is 11.5 Å². The van der Waals surface area contributed by atoms with Gasteiger partial charge in [-0.2, -0.15) is 0 Å². The maximum absolute atomic E-state index is 8.95. The first kappa shape index (κ1) is 24.8. The second-order valence-corrected chi connectivity index (χ2v) is 10.6. The molecular formula is C31H35NO3S. The Morgan fingerprint density at radius 2 is 1.75 bits per heavy atom. The van der Waals surface area contributed by atoms with Crippen molar-refractivity contribution in [2.24, 2.45) is 0 Å². The lowest BCUT2D eigenvalue weighted by Gasteiger charge is -2.18. The van der Waals surface area contributed by atoms with Gasteiger partial charge in [-0.3, -0.25) is 4.90 Å². The molecule has 5 heteroatoms. The maximum atomic E-state index is 8.95. The molecule has 2 heterocycles. The number of hydrogen-bond acceptors (Lipinski definition) is 5. The molecule has 5 rings (SSSR count). The van der Waals surface area contributed by atoms with Gasteiger partial charge < -0.3 is 14.6 Å². The number of ether oxygens (including phenoxy) is 2. The van der Waals surface area contributed by atoms with Gasteiger partial charge in [-0.15, -0.1) is 11.3 Å². The van der Waals surface area contributed by atoms with Crippen LogP contribution in [0.3, 0.4) is 0 Å². The standard InChI is InChI=1S/C31H35NO3S/c1-34-29-21-23(10-11-25(29)22-32-16-4-5-17-32)20-28-27-8-2-3-9-30(27)36-31(28)24-12-14-26(15-13-24)35-19-7-6-18-33/h2-3,8-15,21,33H,4-7,16-20,22H2,1H3. The Labute approximate surface area is 218 Å². The minimum Gasteiger partial charge on any atom is -0.496 e. The van der Waals surface area contributed by atoms with Gasteiger partial charge in [0, 0.05) is 28.3 Å². The molecule has 36 heavy (non-hydrogen) atoms. The molecule has 1 N–H and O–H groups in total. The lowest BCUT2D eigenvalue weighted by molar-refractivity contribution is 0.253. The molecule has 188 valence electrons. The highest BCUT2D eigenvalue weighted by Crippen LogP contribution is 2.40. The molecule has 0 radical (unpaired) electrons. The highest BCUT2D eigenvalue weighted by Gasteiger charge is 2.17. The van der Waals surface area contributed by atoms with Crippen molar-refractivity contribution < 1.29 is 14.6 Å². The van der Waals surface area contributed by atoms with Crippen molar-refractivity contribution in [3.8, 4) is 21.9 Å². The van der Waals surface area contributed by atoms with Crippen molar-refractivity contribution in [1.29, 1.82) is 0 Å². The number of likely N-dealkylation sites (tertiary alicyclic amines) is 1. The summed E-state index contributed by atoms with van der Waals surface area (Å²) in [5, 5.41) is 10.3. The van der Waals surface area contributed by atoms with Gasteiger partial charge in [-0.05, 0) is 104 Å². The molecule has 0 atom stereocenters. The van der Waals surface area contributed by atoms with E-state index in [1.165, 1.54) is 63.1 Å². The Hall–Kier alpha value is -2.86. The topological polar surface area (TPSA) is 41.9 Å². The lowest BCUT2D eigenvalue weighted by Crippen LogP contribution is -2.18. The van der Waals surface area contributed by atoms with E-state index in [0.29, 0.717) is 6.61 Å². The van der Waals surface area contributed by atoms with Gasteiger partial charge in [0.15, 0.2) is 0 Å². The Morgan fingerprint density at radius 3 is 2.53 bits per heavy atom. The first-order valence-corrected chi connectivity index (χ1v) is 13.8. The summed E-state index contributed by atoms with van der Waals surface area (Å²) >= 11 is 1.85. The zero-order chi connectivity index (χ0) is 24.7. The molecule has 0 amide bonds. The minimum atomic E-state index is 0.212. The van der Waals surface area contributed by atoms with Crippen LogP contribution in [0.2, 0.25) is 0 Å². The molecular weight excluding hydrogens is 466 g/mol. The number of aliphatic hydroxyl groups is 1. The van der Waals surface area contributed by atoms with Gasteiger partial charge >= 0.3 is 0 Å². The first-order chi connectivity index (χ1) is 17.7. The minimum absolute atomic E-state index is 0.212. The van der Waals surface area contributed by atoms with E-state index in [4.69, 9.17) is 14.6 Å². The zero-order valence-corrected chi connectivity index (χ0v) is 21.9. The molecule has 1 aromatic heterocycles.